The van der Waals surface area contributed by atoms with Crippen molar-refractivity contribution in [1.82, 2.24) is 0 Å². The topological polar surface area (TPSA) is 0 Å². The fourth-order valence-electron chi connectivity index (χ4n) is 0.510. The molecule has 0 aromatic heterocycles. The molecule has 1 heteroatoms. The van der Waals surface area contributed by atoms with Crippen LogP contribution >= 0.6 is 0 Å². The summed E-state index contributed by atoms with van der Waals surface area (Å²) in [7, 11) is 0. The molecule has 0 unspecified atom stereocenters. The van der Waals surface area contributed by atoms with Gasteiger partial charge in [0.1, 0.15) is 0 Å². The van der Waals surface area contributed by atoms with Crippen LogP contribution in [0.5, 0.6) is 0 Å². The van der Waals surface area contributed by atoms with E-state index in [1.807, 2.05) is 0 Å². The summed E-state index contributed by atoms with van der Waals surface area (Å²) >= 11 is 0. The smallest absolute Gasteiger partial charge is 0 e. The molecule has 0 fully saturated rings. The SMILES string of the molecule is CC[CH-]C(C)=C(C)C.[Rh]. The second-order valence-electron chi connectivity index (χ2n) is 2.30. The quantitative estimate of drug-likeness (QED) is 0.489. The maximum Gasteiger partial charge on any atom is 0 e. The van der Waals surface area contributed by atoms with Crippen LogP contribution in [0.25, 0.3) is 0 Å². The Hall–Kier alpha value is 0.233. The van der Waals surface area contributed by atoms with E-state index in [4.69, 9.17) is 0 Å². The van der Waals surface area contributed by atoms with Crippen molar-refractivity contribution in [2.45, 2.75) is 34.1 Å². The second-order valence-corrected chi connectivity index (χ2v) is 2.30. The van der Waals surface area contributed by atoms with Crippen LogP contribution in [0.1, 0.15) is 34.1 Å². The summed E-state index contributed by atoms with van der Waals surface area (Å²) in [5.74, 6) is 0. The minimum atomic E-state index is 0. The monoisotopic (exact) mass is 214 g/mol. The van der Waals surface area contributed by atoms with Gasteiger partial charge in [-0.15, -0.1) is 20.3 Å². The third-order valence-electron chi connectivity index (χ3n) is 1.30. The third kappa shape index (κ3) is 6.11. The molecule has 0 spiro atoms. The Morgan fingerprint density at radius 1 is 1.22 bits per heavy atom. The predicted molar refractivity (Wildman–Crippen MR) is 38.6 cm³/mol. The van der Waals surface area contributed by atoms with E-state index in [0.29, 0.717) is 0 Å². The molecule has 1 radical (unpaired) electrons. The fraction of sp³-hybridized carbons (Fsp3) is 0.625. The third-order valence-corrected chi connectivity index (χ3v) is 1.30. The van der Waals surface area contributed by atoms with E-state index in [-0.39, 0.29) is 19.5 Å². The van der Waals surface area contributed by atoms with E-state index in [0.717, 1.165) is 6.42 Å². The first-order valence-electron chi connectivity index (χ1n) is 3.15. The van der Waals surface area contributed by atoms with E-state index < -0.39 is 0 Å². The van der Waals surface area contributed by atoms with Crippen LogP contribution in [0, 0.1) is 6.42 Å². The van der Waals surface area contributed by atoms with E-state index in [9.17, 15) is 0 Å². The van der Waals surface area contributed by atoms with Gasteiger partial charge < -0.3 is 0 Å². The average molecular weight is 214 g/mol. The molecule has 57 valence electrons. The van der Waals surface area contributed by atoms with Gasteiger partial charge in [-0.2, -0.15) is 0 Å². The van der Waals surface area contributed by atoms with Crippen LogP contribution in [0.15, 0.2) is 11.1 Å². The molecule has 0 aliphatic rings. The number of rotatable bonds is 2. The molecule has 0 rings (SSSR count). The van der Waals surface area contributed by atoms with Gasteiger partial charge in [-0.25, -0.2) is 17.6 Å². The molecule has 0 bridgehead atoms. The van der Waals surface area contributed by atoms with Gasteiger partial charge in [0.2, 0.25) is 0 Å². The summed E-state index contributed by atoms with van der Waals surface area (Å²) in [5, 5.41) is 0. The first kappa shape index (κ1) is 12.0. The molecular weight excluding hydrogens is 199 g/mol. The molecule has 0 aliphatic heterocycles. The Labute approximate surface area is 71.5 Å². The Bertz CT molecular complexity index is 88.7. The second kappa shape index (κ2) is 6.35. The van der Waals surface area contributed by atoms with Crippen LogP contribution in [0.2, 0.25) is 0 Å². The van der Waals surface area contributed by atoms with E-state index >= 15 is 0 Å². The van der Waals surface area contributed by atoms with E-state index in [1.54, 1.807) is 0 Å². The Balaban J connectivity index is 0. The van der Waals surface area contributed by atoms with Gasteiger partial charge in [-0.3, -0.25) is 0 Å². The summed E-state index contributed by atoms with van der Waals surface area (Å²) < 4.78 is 0. The van der Waals surface area contributed by atoms with Gasteiger partial charge in [0.15, 0.2) is 0 Å². The number of hydrogen-bond donors (Lipinski definition) is 0. The zero-order valence-electron chi connectivity index (χ0n) is 6.62. The molecule has 0 aromatic carbocycles. The van der Waals surface area contributed by atoms with Crippen molar-refractivity contribution in [3.8, 4) is 0 Å². The van der Waals surface area contributed by atoms with Crippen molar-refractivity contribution in [3.63, 3.8) is 0 Å². The van der Waals surface area contributed by atoms with Crippen LogP contribution in [-0.4, -0.2) is 0 Å². The van der Waals surface area contributed by atoms with Gasteiger partial charge >= 0.3 is 0 Å². The molecule has 9 heavy (non-hydrogen) atoms. The number of allylic oxidation sites excluding steroid dienone is 2. The van der Waals surface area contributed by atoms with Gasteiger partial charge in [-0.05, 0) is 0 Å². The minimum Gasteiger partial charge on any atom is -0.228 e. The zero-order valence-corrected chi connectivity index (χ0v) is 8.26. The molecule has 0 saturated carbocycles. The minimum absolute atomic E-state index is 0. The Morgan fingerprint density at radius 2 is 1.67 bits per heavy atom. The maximum atomic E-state index is 2.25. The van der Waals surface area contributed by atoms with Crippen molar-refractivity contribution in [2.24, 2.45) is 0 Å². The fourth-order valence-corrected chi connectivity index (χ4v) is 0.510. The molecule has 0 aromatic rings. The summed E-state index contributed by atoms with van der Waals surface area (Å²) in [6, 6.07) is 0. The first-order valence-corrected chi connectivity index (χ1v) is 3.15. The molecule has 0 atom stereocenters. The standard InChI is InChI=1S/C8H15.Rh/c1-5-6-8(4)7(2)3;/h6H,5H2,1-4H3;/q-1;. The molecule has 0 N–H and O–H groups in total. The van der Waals surface area contributed by atoms with Gasteiger partial charge in [0.05, 0.1) is 0 Å². The summed E-state index contributed by atoms with van der Waals surface area (Å²) in [6.45, 7) is 8.59. The maximum absolute atomic E-state index is 2.25. The van der Waals surface area contributed by atoms with Gasteiger partial charge in [0.25, 0.3) is 0 Å². The first-order chi connectivity index (χ1) is 3.68. The van der Waals surface area contributed by atoms with Crippen molar-refractivity contribution >= 4 is 0 Å². The molecular formula is C8H15Rh-. The summed E-state index contributed by atoms with van der Waals surface area (Å²) in [6.07, 6.45) is 3.40. The van der Waals surface area contributed by atoms with Gasteiger partial charge in [0, 0.05) is 19.5 Å². The van der Waals surface area contributed by atoms with Crippen LogP contribution < -0.4 is 0 Å². The molecule has 0 nitrogen and oxygen atoms in total. The summed E-state index contributed by atoms with van der Waals surface area (Å²) in [4.78, 5) is 0. The molecule has 0 saturated heterocycles. The average Bonchev–Trinajstić information content (AvgIpc) is 1.67. The van der Waals surface area contributed by atoms with Crippen LogP contribution in [0.3, 0.4) is 0 Å². The van der Waals surface area contributed by atoms with Crippen LogP contribution in [-0.2, 0) is 19.5 Å². The van der Waals surface area contributed by atoms with Crippen LogP contribution in [0.4, 0.5) is 0 Å². The molecule has 0 aliphatic carbocycles. The van der Waals surface area contributed by atoms with E-state index in [2.05, 4.69) is 34.1 Å². The van der Waals surface area contributed by atoms with Crippen molar-refractivity contribution in [2.75, 3.05) is 0 Å². The van der Waals surface area contributed by atoms with E-state index in [1.165, 1.54) is 11.1 Å². The Kier molecular flexibility index (Phi) is 8.45. The largest absolute Gasteiger partial charge is 0.228 e. The molecule has 0 amide bonds. The van der Waals surface area contributed by atoms with Gasteiger partial charge in [-0.1, -0.05) is 13.8 Å². The summed E-state index contributed by atoms with van der Waals surface area (Å²) in [5.41, 5.74) is 2.85. The van der Waals surface area contributed by atoms with Crippen molar-refractivity contribution in [3.05, 3.63) is 17.6 Å². The molecule has 0 heterocycles. The number of hydrogen-bond acceptors (Lipinski definition) is 0. The normalized spacial score (nSPS) is 7.56. The van der Waals surface area contributed by atoms with Crippen molar-refractivity contribution < 1.29 is 19.5 Å². The zero-order chi connectivity index (χ0) is 6.57. The predicted octanol–water partition coefficient (Wildman–Crippen LogP) is 2.95. The Morgan fingerprint density at radius 3 is 1.78 bits per heavy atom. The van der Waals surface area contributed by atoms with Crippen molar-refractivity contribution in [1.29, 1.82) is 0 Å².